The lowest BCUT2D eigenvalue weighted by Gasteiger charge is -2.18. The van der Waals surface area contributed by atoms with Crippen LogP contribution in [0.1, 0.15) is 31.0 Å². The van der Waals surface area contributed by atoms with Crippen LogP contribution in [0.2, 0.25) is 0 Å². The van der Waals surface area contributed by atoms with E-state index in [2.05, 4.69) is 10.6 Å². The maximum absolute atomic E-state index is 12.8. The maximum atomic E-state index is 12.8. The van der Waals surface area contributed by atoms with Gasteiger partial charge in [0.05, 0.1) is 18.3 Å². The first-order valence-electron chi connectivity index (χ1n) is 10.7. The molecule has 2 N–H and O–H groups in total. The van der Waals surface area contributed by atoms with Crippen molar-refractivity contribution in [3.63, 3.8) is 0 Å². The Morgan fingerprint density at radius 2 is 1.85 bits per heavy atom. The number of aryl methyl sites for hydroxylation is 1. The zero-order valence-electron chi connectivity index (χ0n) is 19.0. The summed E-state index contributed by atoms with van der Waals surface area (Å²) in [7, 11) is 0. The molecule has 0 fully saturated rings. The smallest absolute Gasteiger partial charge is 0.263 e. The lowest BCUT2D eigenvalue weighted by atomic mass is 10.0. The number of nitrogens with one attached hydrogen (secondary N) is 2. The molecule has 0 aromatic heterocycles. The predicted molar refractivity (Wildman–Crippen MR) is 133 cm³/mol. The number of nitrogens with zero attached hydrogens (tertiary/aromatic N) is 1. The van der Waals surface area contributed by atoms with Gasteiger partial charge >= 0.3 is 0 Å². The molecule has 33 heavy (non-hydrogen) atoms. The van der Waals surface area contributed by atoms with E-state index >= 15 is 0 Å². The topological polar surface area (TPSA) is 74.1 Å². The molecule has 1 atom stereocenters. The molecule has 0 saturated heterocycles. The van der Waals surface area contributed by atoms with Crippen LogP contribution in [-0.4, -0.2) is 12.5 Å². The molecule has 0 radical (unpaired) electrons. The third-order valence-electron chi connectivity index (χ3n) is 4.87. The lowest BCUT2D eigenvalue weighted by molar-refractivity contribution is -0.117. The Labute approximate surface area is 199 Å². The van der Waals surface area contributed by atoms with Gasteiger partial charge in [-0.15, -0.1) is 0 Å². The predicted octanol–water partition coefficient (Wildman–Crippen LogP) is 6.24. The molecule has 3 aromatic carbocycles. The molecule has 0 aliphatic heterocycles. The third kappa shape index (κ3) is 6.64. The highest BCUT2D eigenvalue weighted by molar-refractivity contribution is 7.99. The zero-order valence-corrected chi connectivity index (χ0v) is 19.8. The number of hydrogen-bond donors (Lipinski definition) is 2. The van der Waals surface area contributed by atoms with Gasteiger partial charge in [-0.3, -0.25) is 4.79 Å². The van der Waals surface area contributed by atoms with Gasteiger partial charge in [-0.2, -0.15) is 5.26 Å². The van der Waals surface area contributed by atoms with E-state index in [1.54, 1.807) is 11.8 Å². The minimum absolute atomic E-state index is 0.00743. The monoisotopic (exact) mass is 457 g/mol. The molecule has 0 aliphatic carbocycles. The molecular formula is C27H27N3O2S. The minimum atomic E-state index is -0.449. The van der Waals surface area contributed by atoms with Crippen LogP contribution in [0, 0.1) is 18.3 Å². The van der Waals surface area contributed by atoms with Gasteiger partial charge in [-0.1, -0.05) is 59.8 Å². The number of rotatable bonds is 9. The van der Waals surface area contributed by atoms with E-state index in [9.17, 15) is 10.1 Å². The summed E-state index contributed by atoms with van der Waals surface area (Å²) in [5, 5.41) is 15.6. The van der Waals surface area contributed by atoms with Gasteiger partial charge in [-0.05, 0) is 51.1 Å². The fraction of sp³-hybridized carbons (Fsp3) is 0.185. The van der Waals surface area contributed by atoms with Crippen molar-refractivity contribution in [2.24, 2.45) is 0 Å². The highest BCUT2D eigenvalue weighted by atomic mass is 32.2. The molecule has 1 amide bonds. The Morgan fingerprint density at radius 1 is 1.12 bits per heavy atom. The van der Waals surface area contributed by atoms with Gasteiger partial charge in [0, 0.05) is 21.6 Å². The van der Waals surface area contributed by atoms with Gasteiger partial charge < -0.3 is 15.4 Å². The Hall–Kier alpha value is -3.69. The van der Waals surface area contributed by atoms with Crippen molar-refractivity contribution >= 4 is 23.4 Å². The van der Waals surface area contributed by atoms with Crippen molar-refractivity contribution in [2.75, 3.05) is 11.9 Å². The van der Waals surface area contributed by atoms with Gasteiger partial charge in [0.1, 0.15) is 17.4 Å². The molecule has 5 nitrogen and oxygen atoms in total. The average Bonchev–Trinajstić information content (AvgIpc) is 2.82. The summed E-state index contributed by atoms with van der Waals surface area (Å²) in [6, 6.07) is 25.3. The molecule has 1 unspecified atom stereocenters. The number of amides is 1. The highest BCUT2D eigenvalue weighted by Crippen LogP contribution is 2.33. The largest absolute Gasteiger partial charge is 0.494 e. The first-order valence-corrected chi connectivity index (χ1v) is 11.6. The first kappa shape index (κ1) is 24.0. The summed E-state index contributed by atoms with van der Waals surface area (Å²) < 4.78 is 5.70. The summed E-state index contributed by atoms with van der Waals surface area (Å²) in [5.41, 5.74) is 2.75. The molecule has 6 heteroatoms. The van der Waals surface area contributed by atoms with E-state index in [4.69, 9.17) is 4.74 Å². The summed E-state index contributed by atoms with van der Waals surface area (Å²) in [4.78, 5) is 14.9. The van der Waals surface area contributed by atoms with Crippen molar-refractivity contribution in [3.8, 4) is 11.8 Å². The van der Waals surface area contributed by atoms with Gasteiger partial charge in [0.2, 0.25) is 0 Å². The van der Waals surface area contributed by atoms with E-state index < -0.39 is 5.91 Å². The second-order valence-corrected chi connectivity index (χ2v) is 8.51. The van der Waals surface area contributed by atoms with Crippen molar-refractivity contribution in [1.82, 2.24) is 5.32 Å². The minimum Gasteiger partial charge on any atom is -0.494 e. The van der Waals surface area contributed by atoms with Crippen LogP contribution in [0.25, 0.3) is 0 Å². The molecule has 3 aromatic rings. The van der Waals surface area contributed by atoms with Crippen molar-refractivity contribution in [1.29, 1.82) is 5.26 Å². The molecule has 0 aliphatic rings. The van der Waals surface area contributed by atoms with Gasteiger partial charge in [0.15, 0.2) is 0 Å². The van der Waals surface area contributed by atoms with Crippen LogP contribution in [0.3, 0.4) is 0 Å². The van der Waals surface area contributed by atoms with E-state index in [1.165, 1.54) is 6.20 Å². The Bertz CT molecular complexity index is 1170. The number of carbonyl (C=O) groups is 1. The number of para-hydroxylation sites is 1. The van der Waals surface area contributed by atoms with Crippen molar-refractivity contribution < 1.29 is 9.53 Å². The number of anilines is 1. The standard InChI is InChI=1S/C27H27N3O2S/c1-4-32-25-15-14-19(2)16-23(25)20(3)30-27(31)21(17-28)18-29-24-12-8-9-13-26(24)33-22-10-6-5-7-11-22/h5-16,18,20,29H,4H2,1-3H3,(H,30,31)/b21-18-. The molecule has 168 valence electrons. The Morgan fingerprint density at radius 3 is 2.58 bits per heavy atom. The fourth-order valence-electron chi connectivity index (χ4n) is 3.23. The van der Waals surface area contributed by atoms with E-state index in [0.717, 1.165) is 32.4 Å². The zero-order chi connectivity index (χ0) is 23.6. The fourth-order valence-corrected chi connectivity index (χ4v) is 4.16. The molecule has 0 spiro atoms. The van der Waals surface area contributed by atoms with Crippen LogP contribution in [-0.2, 0) is 4.79 Å². The summed E-state index contributed by atoms with van der Waals surface area (Å²) in [6.45, 7) is 6.32. The molecular weight excluding hydrogens is 430 g/mol. The number of hydrogen-bond acceptors (Lipinski definition) is 5. The van der Waals surface area contributed by atoms with Crippen LogP contribution in [0.15, 0.2) is 94.4 Å². The number of ether oxygens (including phenoxy) is 1. The Balaban J connectivity index is 1.74. The van der Waals surface area contributed by atoms with Crippen LogP contribution in [0.4, 0.5) is 5.69 Å². The lowest BCUT2D eigenvalue weighted by Crippen LogP contribution is -2.28. The van der Waals surface area contributed by atoms with Crippen molar-refractivity contribution in [3.05, 3.63) is 95.7 Å². The second-order valence-electron chi connectivity index (χ2n) is 7.39. The van der Waals surface area contributed by atoms with Gasteiger partial charge in [0.25, 0.3) is 5.91 Å². The summed E-state index contributed by atoms with van der Waals surface area (Å²) in [6.07, 6.45) is 1.45. The second kappa shape index (κ2) is 11.8. The first-order chi connectivity index (χ1) is 16.0. The number of nitriles is 1. The highest BCUT2D eigenvalue weighted by Gasteiger charge is 2.17. The normalized spacial score (nSPS) is 11.9. The van der Waals surface area contributed by atoms with E-state index in [-0.39, 0.29) is 11.6 Å². The SMILES string of the molecule is CCOc1ccc(C)cc1C(C)NC(=O)/C(C#N)=C\Nc1ccccc1Sc1ccccc1. The molecule has 0 bridgehead atoms. The Kier molecular flexibility index (Phi) is 8.56. The van der Waals surface area contributed by atoms with Gasteiger partial charge in [-0.25, -0.2) is 0 Å². The van der Waals surface area contributed by atoms with Crippen LogP contribution in [0.5, 0.6) is 5.75 Å². The molecule has 0 heterocycles. The maximum Gasteiger partial charge on any atom is 0.263 e. The summed E-state index contributed by atoms with van der Waals surface area (Å²) >= 11 is 1.61. The summed E-state index contributed by atoms with van der Waals surface area (Å²) in [5.74, 6) is 0.276. The quantitative estimate of drug-likeness (QED) is 0.294. The van der Waals surface area contributed by atoms with E-state index in [0.29, 0.717) is 6.61 Å². The van der Waals surface area contributed by atoms with E-state index in [1.807, 2.05) is 99.6 Å². The number of carbonyl (C=O) groups excluding carboxylic acids is 1. The molecule has 0 saturated carbocycles. The van der Waals surface area contributed by atoms with Crippen LogP contribution < -0.4 is 15.4 Å². The number of benzene rings is 3. The van der Waals surface area contributed by atoms with Crippen LogP contribution >= 0.6 is 11.8 Å². The average molecular weight is 458 g/mol. The van der Waals surface area contributed by atoms with Crippen molar-refractivity contribution in [2.45, 2.75) is 36.6 Å². The third-order valence-corrected chi connectivity index (χ3v) is 5.96. The molecule has 3 rings (SSSR count).